The summed E-state index contributed by atoms with van der Waals surface area (Å²) < 4.78 is 1.08. The number of aromatic nitrogens is 1. The van der Waals surface area contributed by atoms with Gasteiger partial charge < -0.3 is 5.11 Å². The average Bonchev–Trinajstić information content (AvgIpc) is 2.75. The quantitative estimate of drug-likeness (QED) is 0.372. The number of nitrogens with zero attached hydrogens (tertiary/aromatic N) is 5. The Hall–Kier alpha value is -4.32. The van der Waals surface area contributed by atoms with Gasteiger partial charge in [0.15, 0.2) is 5.69 Å². The van der Waals surface area contributed by atoms with Crippen LogP contribution in [0, 0.1) is 28.4 Å². The zero-order valence-corrected chi connectivity index (χ0v) is 16.0. The molecule has 0 fully saturated rings. The van der Waals surface area contributed by atoms with E-state index in [4.69, 9.17) is 0 Å². The maximum atomic E-state index is 12.9. The molecule has 1 N–H and O–H groups in total. The van der Waals surface area contributed by atoms with Crippen molar-refractivity contribution < 1.29 is 10.0 Å². The molecule has 1 aromatic heterocycles. The van der Waals surface area contributed by atoms with Gasteiger partial charge in [0.25, 0.3) is 11.2 Å². The molecule has 0 unspecified atom stereocenters. The first-order valence-electron chi connectivity index (χ1n) is 8.99. The SMILES string of the molecule is Cc1c(C#N)c(O)n(CCc2ccccc2)c(=O)c1N=Nc1cccc([N+](=O)[O-])c1. The molecule has 0 aliphatic rings. The Bertz CT molecular complexity index is 1230. The van der Waals surface area contributed by atoms with E-state index in [0.29, 0.717) is 6.42 Å². The predicted molar refractivity (Wildman–Crippen MR) is 109 cm³/mol. The summed E-state index contributed by atoms with van der Waals surface area (Å²) in [6.45, 7) is 1.63. The molecule has 0 aliphatic carbocycles. The van der Waals surface area contributed by atoms with E-state index in [1.807, 2.05) is 36.4 Å². The van der Waals surface area contributed by atoms with Crippen molar-refractivity contribution in [3.05, 3.63) is 91.8 Å². The number of pyridine rings is 1. The van der Waals surface area contributed by atoms with Crippen molar-refractivity contribution in [3.63, 3.8) is 0 Å². The molecule has 0 saturated carbocycles. The first kappa shape index (κ1) is 20.4. The number of rotatable bonds is 6. The second kappa shape index (κ2) is 8.79. The number of aryl methyl sites for hydroxylation is 1. The van der Waals surface area contributed by atoms with Crippen LogP contribution in [0.15, 0.2) is 69.6 Å². The smallest absolute Gasteiger partial charge is 0.281 e. The summed E-state index contributed by atoms with van der Waals surface area (Å²) in [6, 6.07) is 16.8. The lowest BCUT2D eigenvalue weighted by Crippen LogP contribution is -2.22. The van der Waals surface area contributed by atoms with Crippen LogP contribution < -0.4 is 5.56 Å². The largest absolute Gasteiger partial charge is 0.493 e. The Morgan fingerprint density at radius 2 is 1.90 bits per heavy atom. The highest BCUT2D eigenvalue weighted by Gasteiger charge is 2.19. The summed E-state index contributed by atoms with van der Waals surface area (Å²) in [4.78, 5) is 23.3. The lowest BCUT2D eigenvalue weighted by Gasteiger charge is -2.13. The molecule has 0 radical (unpaired) electrons. The highest BCUT2D eigenvalue weighted by Crippen LogP contribution is 2.28. The van der Waals surface area contributed by atoms with E-state index in [2.05, 4.69) is 10.2 Å². The summed E-state index contributed by atoms with van der Waals surface area (Å²) in [5, 5.41) is 38.6. The van der Waals surface area contributed by atoms with E-state index >= 15 is 0 Å². The van der Waals surface area contributed by atoms with Gasteiger partial charge in [0.2, 0.25) is 5.88 Å². The van der Waals surface area contributed by atoms with Gasteiger partial charge in [-0.2, -0.15) is 10.4 Å². The van der Waals surface area contributed by atoms with Crippen molar-refractivity contribution in [3.8, 4) is 11.9 Å². The van der Waals surface area contributed by atoms with E-state index in [1.165, 1.54) is 31.2 Å². The molecular weight excluding hydrogens is 386 g/mol. The van der Waals surface area contributed by atoms with E-state index in [0.717, 1.165) is 10.1 Å². The molecule has 0 spiro atoms. The minimum absolute atomic E-state index is 0.0735. The number of nitriles is 1. The summed E-state index contributed by atoms with van der Waals surface area (Å²) >= 11 is 0. The van der Waals surface area contributed by atoms with Crippen molar-refractivity contribution >= 4 is 17.1 Å². The third-order valence-electron chi connectivity index (χ3n) is 4.54. The standard InChI is InChI=1S/C21H17N5O4/c1-14-18(13-22)20(27)25(11-10-15-6-3-2-4-7-15)21(28)19(14)24-23-16-8-5-9-17(12-16)26(29)30/h2-9,12,27H,10-11H2,1H3. The monoisotopic (exact) mass is 403 g/mol. The number of non-ortho nitro benzene ring substituents is 1. The number of aromatic hydroxyl groups is 1. The van der Waals surface area contributed by atoms with E-state index in [-0.39, 0.29) is 34.7 Å². The molecule has 0 amide bonds. The van der Waals surface area contributed by atoms with Crippen molar-refractivity contribution in [2.75, 3.05) is 0 Å². The van der Waals surface area contributed by atoms with Crippen LogP contribution in [0.4, 0.5) is 17.1 Å². The highest BCUT2D eigenvalue weighted by molar-refractivity contribution is 5.57. The van der Waals surface area contributed by atoms with Gasteiger partial charge in [0.1, 0.15) is 11.6 Å². The zero-order chi connectivity index (χ0) is 21.7. The number of hydrogen-bond acceptors (Lipinski definition) is 7. The summed E-state index contributed by atoms with van der Waals surface area (Å²) in [7, 11) is 0. The fourth-order valence-corrected chi connectivity index (χ4v) is 2.93. The number of hydrogen-bond donors (Lipinski definition) is 1. The molecule has 0 aliphatic heterocycles. The van der Waals surface area contributed by atoms with Gasteiger partial charge in [-0.1, -0.05) is 36.4 Å². The number of nitro groups is 1. The molecule has 2 aromatic carbocycles. The lowest BCUT2D eigenvalue weighted by molar-refractivity contribution is -0.384. The average molecular weight is 403 g/mol. The van der Waals surface area contributed by atoms with Gasteiger partial charge >= 0.3 is 0 Å². The topological polar surface area (TPSA) is 134 Å². The van der Waals surface area contributed by atoms with Crippen molar-refractivity contribution in [2.24, 2.45) is 10.2 Å². The van der Waals surface area contributed by atoms with Crippen molar-refractivity contribution in [1.29, 1.82) is 5.26 Å². The van der Waals surface area contributed by atoms with Crippen LogP contribution in [-0.2, 0) is 13.0 Å². The Morgan fingerprint density at radius 1 is 1.17 bits per heavy atom. The van der Waals surface area contributed by atoms with Gasteiger partial charge in [-0.05, 0) is 25.0 Å². The van der Waals surface area contributed by atoms with E-state index in [1.54, 1.807) is 0 Å². The summed E-state index contributed by atoms with van der Waals surface area (Å²) in [5.74, 6) is -0.426. The first-order valence-corrected chi connectivity index (χ1v) is 8.99. The minimum Gasteiger partial charge on any atom is -0.493 e. The van der Waals surface area contributed by atoms with Crippen LogP contribution in [0.2, 0.25) is 0 Å². The van der Waals surface area contributed by atoms with E-state index < -0.39 is 16.4 Å². The van der Waals surface area contributed by atoms with Gasteiger partial charge in [0.05, 0.1) is 10.6 Å². The van der Waals surface area contributed by atoms with Crippen molar-refractivity contribution in [2.45, 2.75) is 19.9 Å². The fraction of sp³-hybridized carbons (Fsp3) is 0.143. The lowest BCUT2D eigenvalue weighted by atomic mass is 10.1. The van der Waals surface area contributed by atoms with Gasteiger partial charge in [-0.25, -0.2) is 0 Å². The van der Waals surface area contributed by atoms with Gasteiger partial charge in [-0.15, -0.1) is 5.11 Å². The molecule has 3 aromatic rings. The van der Waals surface area contributed by atoms with Gasteiger partial charge in [-0.3, -0.25) is 19.5 Å². The molecular formula is C21H17N5O4. The van der Waals surface area contributed by atoms with Crippen LogP contribution in [0.3, 0.4) is 0 Å². The Labute approximate surface area is 171 Å². The predicted octanol–water partition coefficient (Wildman–Crippen LogP) is 4.30. The third-order valence-corrected chi connectivity index (χ3v) is 4.54. The maximum absolute atomic E-state index is 12.9. The van der Waals surface area contributed by atoms with Crippen LogP contribution in [0.5, 0.6) is 5.88 Å². The van der Waals surface area contributed by atoms with E-state index in [9.17, 15) is 25.3 Å². The Balaban J connectivity index is 2.02. The fourth-order valence-electron chi connectivity index (χ4n) is 2.93. The van der Waals surface area contributed by atoms with Crippen LogP contribution in [-0.4, -0.2) is 14.6 Å². The molecule has 30 heavy (non-hydrogen) atoms. The first-order chi connectivity index (χ1) is 14.4. The number of nitro benzene ring substituents is 1. The second-order valence-corrected chi connectivity index (χ2v) is 6.45. The minimum atomic E-state index is -0.603. The molecule has 9 nitrogen and oxygen atoms in total. The highest BCUT2D eigenvalue weighted by atomic mass is 16.6. The molecule has 9 heteroatoms. The molecule has 1 heterocycles. The van der Waals surface area contributed by atoms with Gasteiger partial charge in [0, 0.05) is 24.2 Å². The molecule has 0 saturated heterocycles. The number of benzene rings is 2. The Morgan fingerprint density at radius 3 is 2.57 bits per heavy atom. The molecule has 0 atom stereocenters. The van der Waals surface area contributed by atoms with Crippen LogP contribution in [0.25, 0.3) is 0 Å². The van der Waals surface area contributed by atoms with Crippen molar-refractivity contribution in [1.82, 2.24) is 4.57 Å². The maximum Gasteiger partial charge on any atom is 0.281 e. The molecule has 3 rings (SSSR count). The molecule has 150 valence electrons. The summed E-state index contributed by atoms with van der Waals surface area (Å²) in [5.41, 5.74) is 0.388. The third kappa shape index (κ3) is 4.23. The molecule has 0 bridgehead atoms. The second-order valence-electron chi connectivity index (χ2n) is 6.45. The Kier molecular flexibility index (Phi) is 5.98. The summed E-state index contributed by atoms with van der Waals surface area (Å²) in [6.07, 6.45) is 0.462. The normalized spacial score (nSPS) is 10.8. The number of azo groups is 1. The van der Waals surface area contributed by atoms with Crippen LogP contribution in [0.1, 0.15) is 16.7 Å². The van der Waals surface area contributed by atoms with Crippen LogP contribution >= 0.6 is 0 Å². The zero-order valence-electron chi connectivity index (χ0n) is 16.0.